The standard InChI is InChI=1S/C19H23N2O3/c22-18(9-3-1-2-4-10-19(23)21-24)20-17-13-11-16(12-14-17)15-7-5-6-8-15/h5-8,11-14,24H,1-4,9-10H2,(H,20,22)(H,21,23). The molecule has 0 heterocycles. The summed E-state index contributed by atoms with van der Waals surface area (Å²) in [7, 11) is 0. The molecule has 5 nitrogen and oxygen atoms in total. The Labute approximate surface area is 143 Å². The predicted molar refractivity (Wildman–Crippen MR) is 92.2 cm³/mol. The Balaban J connectivity index is 1.61. The van der Waals surface area contributed by atoms with Gasteiger partial charge in [-0.05, 0) is 56.2 Å². The zero-order valence-electron chi connectivity index (χ0n) is 13.6. The zero-order valence-corrected chi connectivity index (χ0v) is 13.6. The quantitative estimate of drug-likeness (QED) is 0.370. The van der Waals surface area contributed by atoms with Crippen molar-refractivity contribution in [2.24, 2.45) is 0 Å². The van der Waals surface area contributed by atoms with Crippen molar-refractivity contribution in [2.75, 3.05) is 5.32 Å². The van der Waals surface area contributed by atoms with E-state index < -0.39 is 0 Å². The minimum absolute atomic E-state index is 0.00385. The number of nitrogens with one attached hydrogen (secondary N) is 2. The number of rotatable bonds is 9. The number of hydroxylamine groups is 1. The van der Waals surface area contributed by atoms with E-state index >= 15 is 0 Å². The van der Waals surface area contributed by atoms with Crippen LogP contribution in [0.15, 0.2) is 24.3 Å². The highest BCUT2D eigenvalue weighted by Gasteiger charge is 2.18. The summed E-state index contributed by atoms with van der Waals surface area (Å²) < 4.78 is 0. The Kier molecular flexibility index (Phi) is 7.75. The van der Waals surface area contributed by atoms with Crippen molar-refractivity contribution in [2.45, 2.75) is 38.5 Å². The van der Waals surface area contributed by atoms with Crippen molar-refractivity contribution in [3.8, 4) is 0 Å². The van der Waals surface area contributed by atoms with E-state index in [1.165, 1.54) is 5.92 Å². The second-order valence-electron chi connectivity index (χ2n) is 5.75. The molecule has 0 atom stereocenters. The van der Waals surface area contributed by atoms with E-state index in [0.717, 1.165) is 36.9 Å². The van der Waals surface area contributed by atoms with E-state index in [-0.39, 0.29) is 11.8 Å². The number of benzene rings is 1. The average molecular weight is 327 g/mol. The molecule has 0 aromatic heterocycles. The second kappa shape index (κ2) is 10.1. The van der Waals surface area contributed by atoms with Crippen LogP contribution in [0.1, 0.15) is 44.1 Å². The van der Waals surface area contributed by atoms with Gasteiger partial charge in [0.2, 0.25) is 11.8 Å². The van der Waals surface area contributed by atoms with Gasteiger partial charge in [-0.3, -0.25) is 14.8 Å². The minimum atomic E-state index is -0.363. The Morgan fingerprint density at radius 2 is 1.42 bits per heavy atom. The third-order valence-corrected chi connectivity index (χ3v) is 3.85. The molecule has 0 spiro atoms. The van der Waals surface area contributed by atoms with Crippen molar-refractivity contribution >= 4 is 17.5 Å². The van der Waals surface area contributed by atoms with E-state index in [9.17, 15) is 9.59 Å². The van der Waals surface area contributed by atoms with Crippen LogP contribution in [0.4, 0.5) is 5.69 Å². The first-order chi connectivity index (χ1) is 11.7. The fourth-order valence-electron chi connectivity index (χ4n) is 2.52. The molecule has 2 amide bonds. The molecule has 5 heteroatoms. The first-order valence-corrected chi connectivity index (χ1v) is 8.24. The van der Waals surface area contributed by atoms with Crippen molar-refractivity contribution in [3.63, 3.8) is 0 Å². The molecule has 1 fully saturated rings. The summed E-state index contributed by atoms with van der Waals surface area (Å²) in [6, 6.07) is 7.82. The lowest BCUT2D eigenvalue weighted by Crippen LogP contribution is -2.17. The second-order valence-corrected chi connectivity index (χ2v) is 5.75. The van der Waals surface area contributed by atoms with Crippen LogP contribution in [0, 0.1) is 31.6 Å². The average Bonchev–Trinajstić information content (AvgIpc) is 3.13. The maximum Gasteiger partial charge on any atom is 0.243 e. The zero-order chi connectivity index (χ0) is 17.2. The van der Waals surface area contributed by atoms with E-state index in [4.69, 9.17) is 5.21 Å². The summed E-state index contributed by atoms with van der Waals surface area (Å²) in [4.78, 5) is 22.7. The van der Waals surface area contributed by atoms with Crippen molar-refractivity contribution < 1.29 is 14.8 Å². The lowest BCUT2D eigenvalue weighted by atomic mass is 9.97. The summed E-state index contributed by atoms with van der Waals surface area (Å²) in [6.07, 6.45) is 12.2. The number of anilines is 1. The highest BCUT2D eigenvalue weighted by Crippen LogP contribution is 2.30. The highest BCUT2D eigenvalue weighted by molar-refractivity contribution is 5.90. The Morgan fingerprint density at radius 3 is 2.00 bits per heavy atom. The lowest BCUT2D eigenvalue weighted by molar-refractivity contribution is -0.129. The van der Waals surface area contributed by atoms with Crippen LogP contribution in [0.5, 0.6) is 0 Å². The van der Waals surface area contributed by atoms with Crippen LogP contribution in [0.25, 0.3) is 0 Å². The molecule has 0 unspecified atom stereocenters. The molecule has 0 bridgehead atoms. The third kappa shape index (κ3) is 6.32. The molecule has 1 aliphatic carbocycles. The summed E-state index contributed by atoms with van der Waals surface area (Å²) in [5.74, 6) is 0.810. The van der Waals surface area contributed by atoms with Crippen molar-refractivity contribution in [1.82, 2.24) is 5.48 Å². The third-order valence-electron chi connectivity index (χ3n) is 3.85. The van der Waals surface area contributed by atoms with Crippen LogP contribution < -0.4 is 10.8 Å². The molecular formula is C19H23N2O3. The lowest BCUT2D eigenvalue weighted by Gasteiger charge is -2.10. The molecule has 1 aromatic rings. The molecule has 0 saturated heterocycles. The van der Waals surface area contributed by atoms with Crippen LogP contribution in [0.2, 0.25) is 0 Å². The number of carbonyl (C=O) groups is 2. The van der Waals surface area contributed by atoms with Gasteiger partial charge in [0.05, 0.1) is 0 Å². The van der Waals surface area contributed by atoms with Gasteiger partial charge in [-0.15, -0.1) is 0 Å². The predicted octanol–water partition coefficient (Wildman–Crippen LogP) is 3.22. The largest absolute Gasteiger partial charge is 0.326 e. The summed E-state index contributed by atoms with van der Waals surface area (Å²) >= 11 is 0. The van der Waals surface area contributed by atoms with Gasteiger partial charge < -0.3 is 5.32 Å². The van der Waals surface area contributed by atoms with Gasteiger partial charge in [-0.2, -0.15) is 0 Å². The smallest absolute Gasteiger partial charge is 0.243 e. The van der Waals surface area contributed by atoms with Gasteiger partial charge in [0.1, 0.15) is 0 Å². The van der Waals surface area contributed by atoms with Gasteiger partial charge >= 0.3 is 0 Å². The van der Waals surface area contributed by atoms with Gasteiger partial charge in [-0.25, -0.2) is 5.48 Å². The maximum atomic E-state index is 11.9. The monoisotopic (exact) mass is 327 g/mol. The molecule has 5 radical (unpaired) electrons. The Morgan fingerprint density at radius 1 is 0.833 bits per heavy atom. The SMILES string of the molecule is O=C(CCCCCCC(=O)Nc1ccc([C]2[CH][CH][CH][CH]2)cc1)NO. The molecule has 24 heavy (non-hydrogen) atoms. The first kappa shape index (κ1) is 18.5. The summed E-state index contributed by atoms with van der Waals surface area (Å²) in [5, 5.41) is 11.3. The number of carbonyl (C=O) groups excluding carboxylic acids is 2. The number of unbranched alkanes of at least 4 members (excludes halogenated alkanes) is 3. The molecule has 3 N–H and O–H groups in total. The molecule has 1 saturated carbocycles. The van der Waals surface area contributed by atoms with E-state index in [2.05, 4.69) is 18.2 Å². The first-order valence-electron chi connectivity index (χ1n) is 8.24. The molecule has 2 rings (SSSR count). The van der Waals surface area contributed by atoms with Gasteiger partial charge in [0.25, 0.3) is 0 Å². The Hall–Kier alpha value is -1.88. The van der Waals surface area contributed by atoms with Crippen LogP contribution in [-0.2, 0) is 9.59 Å². The number of hydrogen-bond acceptors (Lipinski definition) is 3. The normalized spacial score (nSPS) is 14.5. The summed E-state index contributed by atoms with van der Waals surface area (Å²) in [6.45, 7) is 0. The van der Waals surface area contributed by atoms with E-state index in [1.807, 2.05) is 37.1 Å². The Bertz CT molecular complexity index is 522. The van der Waals surface area contributed by atoms with Crippen molar-refractivity contribution in [1.29, 1.82) is 0 Å². The molecule has 127 valence electrons. The summed E-state index contributed by atoms with van der Waals surface area (Å²) in [5.41, 5.74) is 3.54. The highest BCUT2D eigenvalue weighted by atomic mass is 16.5. The fraction of sp³-hybridized carbons (Fsp3) is 0.316. The van der Waals surface area contributed by atoms with Crippen LogP contribution >= 0.6 is 0 Å². The van der Waals surface area contributed by atoms with Gasteiger partial charge in [0.15, 0.2) is 0 Å². The van der Waals surface area contributed by atoms with Crippen LogP contribution in [0.3, 0.4) is 0 Å². The molecule has 1 aromatic carbocycles. The molecule has 0 aliphatic heterocycles. The van der Waals surface area contributed by atoms with E-state index in [1.54, 1.807) is 5.48 Å². The maximum absolute atomic E-state index is 11.9. The van der Waals surface area contributed by atoms with Gasteiger partial charge in [-0.1, -0.05) is 25.0 Å². The molecular weight excluding hydrogens is 304 g/mol. The van der Waals surface area contributed by atoms with Gasteiger partial charge in [0, 0.05) is 24.4 Å². The van der Waals surface area contributed by atoms with Crippen LogP contribution in [-0.4, -0.2) is 17.0 Å². The molecule has 1 aliphatic rings. The fourth-order valence-corrected chi connectivity index (χ4v) is 2.52. The topological polar surface area (TPSA) is 78.4 Å². The van der Waals surface area contributed by atoms with Crippen molar-refractivity contribution in [3.05, 3.63) is 61.4 Å². The van der Waals surface area contributed by atoms with E-state index in [0.29, 0.717) is 12.8 Å². The number of hydrogen-bond donors (Lipinski definition) is 3. The minimum Gasteiger partial charge on any atom is -0.326 e. The number of amides is 2.